The molecule has 0 saturated carbocycles. The van der Waals surface area contributed by atoms with Gasteiger partial charge in [-0.2, -0.15) is 8.42 Å². The van der Waals surface area contributed by atoms with Crippen molar-refractivity contribution in [1.82, 2.24) is 0 Å². The van der Waals surface area contributed by atoms with Gasteiger partial charge in [-0.3, -0.25) is 14.1 Å². The highest BCUT2D eigenvalue weighted by molar-refractivity contribution is 7.86. The molecule has 0 aromatic rings. The number of carbonyl (C=O) groups is 2. The van der Waals surface area contributed by atoms with Crippen LogP contribution in [0.15, 0.2) is 0 Å². The predicted molar refractivity (Wildman–Crippen MR) is 49.0 cm³/mol. The lowest BCUT2D eigenvalue weighted by atomic mass is 9.87. The van der Waals surface area contributed by atoms with E-state index in [1.54, 1.807) is 0 Å². The molecule has 0 rings (SSSR count). The zero-order valence-electron chi connectivity index (χ0n) is 8.17. The Morgan fingerprint density at radius 1 is 1.27 bits per heavy atom. The molecule has 8 heteroatoms. The van der Waals surface area contributed by atoms with Gasteiger partial charge >= 0.3 is 11.9 Å². The zero-order valence-corrected chi connectivity index (χ0v) is 8.98. The minimum absolute atomic E-state index is 0.960. The standard InChI is InChI=1S/C7H12O7S/c1-7(2,6(10)11)4(3-5(8)9)15(12,13)14/h4H,3H2,1-2H3,(H,8,9)(H,10,11)(H,12,13,14). The second-order valence-electron chi connectivity index (χ2n) is 3.63. The minimum atomic E-state index is -4.72. The first-order valence-electron chi connectivity index (χ1n) is 3.91. The zero-order chi connectivity index (χ0) is 12.4. The smallest absolute Gasteiger partial charge is 0.310 e. The van der Waals surface area contributed by atoms with Gasteiger partial charge in [0.25, 0.3) is 10.1 Å². The Hall–Kier alpha value is -1.15. The van der Waals surface area contributed by atoms with Crippen molar-refractivity contribution in [2.45, 2.75) is 25.5 Å². The third-order valence-electron chi connectivity index (χ3n) is 2.08. The van der Waals surface area contributed by atoms with Crippen molar-refractivity contribution in [3.05, 3.63) is 0 Å². The van der Waals surface area contributed by atoms with Crippen LogP contribution in [0.25, 0.3) is 0 Å². The molecule has 0 fully saturated rings. The maximum absolute atomic E-state index is 10.8. The molecule has 1 atom stereocenters. The average Bonchev–Trinajstić information content (AvgIpc) is 1.97. The summed E-state index contributed by atoms with van der Waals surface area (Å²) < 4.78 is 30.5. The molecule has 0 aromatic heterocycles. The fourth-order valence-electron chi connectivity index (χ4n) is 1.03. The topological polar surface area (TPSA) is 129 Å². The van der Waals surface area contributed by atoms with Crippen LogP contribution in [0.4, 0.5) is 0 Å². The van der Waals surface area contributed by atoms with E-state index in [-0.39, 0.29) is 0 Å². The van der Waals surface area contributed by atoms with Gasteiger partial charge in [0.05, 0.1) is 11.8 Å². The number of carboxylic acid groups (broad SMARTS) is 2. The fraction of sp³-hybridized carbons (Fsp3) is 0.714. The number of aliphatic carboxylic acids is 2. The molecule has 0 saturated heterocycles. The van der Waals surface area contributed by atoms with E-state index in [1.807, 2.05) is 0 Å². The molecule has 88 valence electrons. The van der Waals surface area contributed by atoms with Gasteiger partial charge in [0.2, 0.25) is 0 Å². The molecule has 15 heavy (non-hydrogen) atoms. The lowest BCUT2D eigenvalue weighted by Gasteiger charge is -2.26. The average molecular weight is 240 g/mol. The summed E-state index contributed by atoms with van der Waals surface area (Å²) in [7, 11) is -4.72. The van der Waals surface area contributed by atoms with Crippen LogP contribution in [0.5, 0.6) is 0 Å². The molecule has 0 aliphatic carbocycles. The molecular weight excluding hydrogens is 228 g/mol. The summed E-state index contributed by atoms with van der Waals surface area (Å²) in [6.45, 7) is 2.08. The molecule has 0 amide bonds. The number of hydrogen-bond donors (Lipinski definition) is 3. The van der Waals surface area contributed by atoms with Gasteiger partial charge in [0.15, 0.2) is 0 Å². The first-order chi connectivity index (χ1) is 6.49. The van der Waals surface area contributed by atoms with Crippen molar-refractivity contribution < 1.29 is 32.8 Å². The Morgan fingerprint density at radius 3 is 1.87 bits per heavy atom. The highest BCUT2D eigenvalue weighted by Crippen LogP contribution is 2.28. The summed E-state index contributed by atoms with van der Waals surface area (Å²) in [5, 5.41) is 15.3. The van der Waals surface area contributed by atoms with E-state index in [1.165, 1.54) is 0 Å². The summed E-state index contributed by atoms with van der Waals surface area (Å²) in [5.41, 5.74) is -1.87. The van der Waals surface area contributed by atoms with Crippen LogP contribution in [0.2, 0.25) is 0 Å². The van der Waals surface area contributed by atoms with Crippen molar-refractivity contribution >= 4 is 22.1 Å². The van der Waals surface area contributed by atoms with Crippen LogP contribution in [-0.2, 0) is 19.7 Å². The number of hydrogen-bond acceptors (Lipinski definition) is 4. The molecule has 0 aromatic carbocycles. The van der Waals surface area contributed by atoms with E-state index in [0.29, 0.717) is 0 Å². The molecule has 0 aliphatic heterocycles. The Labute approximate surface area is 86.5 Å². The van der Waals surface area contributed by atoms with E-state index in [9.17, 15) is 18.0 Å². The fourth-order valence-corrected chi connectivity index (χ4v) is 2.23. The van der Waals surface area contributed by atoms with Gasteiger partial charge in [-0.25, -0.2) is 0 Å². The SMILES string of the molecule is CC(C)(C(=O)O)C(CC(=O)O)S(=O)(=O)O. The highest BCUT2D eigenvalue weighted by atomic mass is 32.2. The highest BCUT2D eigenvalue weighted by Gasteiger charge is 2.45. The van der Waals surface area contributed by atoms with Gasteiger partial charge in [-0.15, -0.1) is 0 Å². The van der Waals surface area contributed by atoms with Crippen molar-refractivity contribution in [1.29, 1.82) is 0 Å². The van der Waals surface area contributed by atoms with Gasteiger partial charge in [0.1, 0.15) is 5.25 Å². The van der Waals surface area contributed by atoms with Crippen LogP contribution in [0, 0.1) is 5.41 Å². The molecule has 1 unspecified atom stereocenters. The Bertz CT molecular complexity index is 367. The van der Waals surface area contributed by atoms with Crippen LogP contribution >= 0.6 is 0 Å². The summed E-state index contributed by atoms with van der Waals surface area (Å²) in [4.78, 5) is 21.1. The summed E-state index contributed by atoms with van der Waals surface area (Å²) in [6, 6.07) is 0. The molecule has 0 radical (unpaired) electrons. The Balaban J connectivity index is 5.31. The molecular formula is C7H12O7S. The van der Waals surface area contributed by atoms with E-state index < -0.39 is 39.1 Å². The summed E-state index contributed by atoms with van der Waals surface area (Å²) in [6.07, 6.45) is -0.960. The second kappa shape index (κ2) is 4.15. The Morgan fingerprint density at radius 2 is 1.67 bits per heavy atom. The van der Waals surface area contributed by atoms with E-state index in [2.05, 4.69) is 0 Å². The molecule has 0 heterocycles. The molecule has 3 N–H and O–H groups in total. The van der Waals surface area contributed by atoms with Crippen molar-refractivity contribution in [2.24, 2.45) is 5.41 Å². The van der Waals surface area contributed by atoms with Crippen LogP contribution in [0.1, 0.15) is 20.3 Å². The minimum Gasteiger partial charge on any atom is -0.481 e. The van der Waals surface area contributed by atoms with Gasteiger partial charge < -0.3 is 10.2 Å². The largest absolute Gasteiger partial charge is 0.481 e. The monoisotopic (exact) mass is 240 g/mol. The maximum Gasteiger partial charge on any atom is 0.310 e. The Kier molecular flexibility index (Phi) is 3.83. The van der Waals surface area contributed by atoms with Gasteiger partial charge in [0, 0.05) is 0 Å². The molecule has 0 spiro atoms. The van der Waals surface area contributed by atoms with Crippen LogP contribution in [0.3, 0.4) is 0 Å². The maximum atomic E-state index is 10.8. The number of carboxylic acids is 2. The van der Waals surface area contributed by atoms with Crippen molar-refractivity contribution in [3.63, 3.8) is 0 Å². The normalized spacial score (nSPS) is 14.6. The number of rotatable bonds is 5. The summed E-state index contributed by atoms with van der Waals surface area (Å²) >= 11 is 0. The predicted octanol–water partition coefficient (Wildman–Crippen LogP) is -0.172. The van der Waals surface area contributed by atoms with Crippen molar-refractivity contribution in [2.75, 3.05) is 0 Å². The second-order valence-corrected chi connectivity index (χ2v) is 5.23. The third kappa shape index (κ3) is 3.48. The first kappa shape index (κ1) is 13.8. The lowest BCUT2D eigenvalue weighted by Crippen LogP contribution is -2.43. The van der Waals surface area contributed by atoms with Gasteiger partial charge in [-0.1, -0.05) is 0 Å². The third-order valence-corrected chi connectivity index (χ3v) is 3.55. The molecule has 0 aliphatic rings. The van der Waals surface area contributed by atoms with Crippen molar-refractivity contribution in [3.8, 4) is 0 Å². The van der Waals surface area contributed by atoms with Crippen LogP contribution < -0.4 is 0 Å². The molecule has 0 bridgehead atoms. The van der Waals surface area contributed by atoms with Gasteiger partial charge in [-0.05, 0) is 13.8 Å². The van der Waals surface area contributed by atoms with E-state index in [4.69, 9.17) is 14.8 Å². The van der Waals surface area contributed by atoms with E-state index in [0.717, 1.165) is 13.8 Å². The quantitative estimate of drug-likeness (QED) is 0.569. The first-order valence-corrected chi connectivity index (χ1v) is 5.41. The van der Waals surface area contributed by atoms with Crippen LogP contribution in [-0.4, -0.2) is 40.4 Å². The summed E-state index contributed by atoms with van der Waals surface area (Å²) in [5.74, 6) is -2.99. The molecule has 7 nitrogen and oxygen atoms in total. The van der Waals surface area contributed by atoms with E-state index >= 15 is 0 Å². The lowest BCUT2D eigenvalue weighted by molar-refractivity contribution is -0.148.